The van der Waals surface area contributed by atoms with Gasteiger partial charge in [-0.05, 0) is 48.9 Å². The van der Waals surface area contributed by atoms with Gasteiger partial charge >= 0.3 is 0 Å². The summed E-state index contributed by atoms with van der Waals surface area (Å²) in [5, 5.41) is 1.74. The Bertz CT molecular complexity index is 918. The number of amides is 1. The lowest BCUT2D eigenvalue weighted by molar-refractivity contribution is -0.115. The summed E-state index contributed by atoms with van der Waals surface area (Å²) in [6.45, 7) is 2.78. The summed E-state index contributed by atoms with van der Waals surface area (Å²) in [7, 11) is 1.54. The molecular formula is C28H37Cl2NO4. The molecule has 0 aliphatic rings. The molecule has 192 valence electrons. The first-order valence-corrected chi connectivity index (χ1v) is 13.3. The van der Waals surface area contributed by atoms with Crippen LogP contribution in [0, 0.1) is 0 Å². The fourth-order valence-corrected chi connectivity index (χ4v) is 4.07. The van der Waals surface area contributed by atoms with E-state index in [0.717, 1.165) is 12.8 Å². The number of rotatable bonds is 17. The van der Waals surface area contributed by atoms with Gasteiger partial charge in [0.25, 0.3) is 5.91 Å². The Morgan fingerprint density at radius 1 is 0.886 bits per heavy atom. The Morgan fingerprint density at radius 2 is 1.49 bits per heavy atom. The van der Waals surface area contributed by atoms with Gasteiger partial charge in [-0.15, -0.1) is 11.6 Å². The monoisotopic (exact) mass is 521 g/mol. The molecular weight excluding hydrogens is 485 g/mol. The molecule has 5 nitrogen and oxygen atoms in total. The van der Waals surface area contributed by atoms with Gasteiger partial charge in [0, 0.05) is 10.6 Å². The Labute approximate surface area is 219 Å². The number of methoxy groups -OCH3 is 1. The van der Waals surface area contributed by atoms with Crippen LogP contribution in [-0.2, 0) is 4.79 Å². The first-order chi connectivity index (χ1) is 17.0. The number of Topliss-reactive ketones (excluding diaryl/α,β-unsaturated/α-hetero) is 1. The number of hydrogen-bond acceptors (Lipinski definition) is 4. The average molecular weight is 523 g/mol. The zero-order valence-corrected chi connectivity index (χ0v) is 22.3. The molecule has 2 aromatic rings. The van der Waals surface area contributed by atoms with E-state index in [2.05, 4.69) is 12.2 Å². The quantitative estimate of drug-likeness (QED) is 0.0987. The number of benzene rings is 2. The van der Waals surface area contributed by atoms with Crippen molar-refractivity contribution in [3.05, 3.63) is 53.1 Å². The molecule has 0 aliphatic carbocycles. The highest BCUT2D eigenvalue weighted by Gasteiger charge is 2.26. The first kappa shape index (κ1) is 29.0. The van der Waals surface area contributed by atoms with Crippen LogP contribution in [0.3, 0.4) is 0 Å². The lowest BCUT2D eigenvalue weighted by Crippen LogP contribution is -2.30. The van der Waals surface area contributed by atoms with Crippen LogP contribution in [0.4, 0.5) is 5.69 Å². The summed E-state index contributed by atoms with van der Waals surface area (Å²) in [5.74, 6) is -0.0279. The van der Waals surface area contributed by atoms with Gasteiger partial charge in [-0.1, -0.05) is 76.3 Å². The smallest absolute Gasteiger partial charge is 0.250 e. The van der Waals surface area contributed by atoms with E-state index in [1.54, 1.807) is 42.5 Å². The molecule has 1 atom stereocenters. The highest BCUT2D eigenvalue weighted by atomic mass is 35.5. The van der Waals surface area contributed by atoms with E-state index in [4.69, 9.17) is 32.7 Å². The molecule has 0 spiro atoms. The van der Waals surface area contributed by atoms with Crippen LogP contribution in [0.15, 0.2) is 42.5 Å². The van der Waals surface area contributed by atoms with Gasteiger partial charge in [0.1, 0.15) is 11.5 Å². The van der Waals surface area contributed by atoms with Crippen LogP contribution < -0.4 is 14.8 Å². The maximum absolute atomic E-state index is 12.7. The highest BCUT2D eigenvalue weighted by molar-refractivity contribution is 6.45. The van der Waals surface area contributed by atoms with Crippen molar-refractivity contribution in [2.45, 2.75) is 76.5 Å². The lowest BCUT2D eigenvalue weighted by atomic mass is 10.1. The molecule has 0 aliphatic heterocycles. The number of ketones is 1. The second-order valence-electron chi connectivity index (χ2n) is 8.62. The molecule has 1 N–H and O–H groups in total. The lowest BCUT2D eigenvalue weighted by Gasteiger charge is -2.15. The van der Waals surface area contributed by atoms with Crippen LogP contribution in [0.5, 0.6) is 11.5 Å². The number of carbonyl (C=O) groups excluding carboxylic acids is 2. The Hall–Kier alpha value is -2.24. The first-order valence-electron chi connectivity index (χ1n) is 12.5. The van der Waals surface area contributed by atoms with Crippen LogP contribution in [0.2, 0.25) is 5.02 Å². The summed E-state index contributed by atoms with van der Waals surface area (Å²) < 4.78 is 11.0. The molecule has 0 bridgehead atoms. The van der Waals surface area contributed by atoms with Crippen LogP contribution in [0.25, 0.3) is 0 Å². The van der Waals surface area contributed by atoms with Crippen molar-refractivity contribution in [2.75, 3.05) is 19.0 Å². The van der Waals surface area contributed by atoms with E-state index in [1.807, 2.05) is 0 Å². The van der Waals surface area contributed by atoms with Gasteiger partial charge in [0.05, 0.1) is 19.4 Å². The minimum absolute atomic E-state index is 0.324. The van der Waals surface area contributed by atoms with Crippen LogP contribution in [-0.4, -0.2) is 30.8 Å². The number of alkyl halides is 1. The number of hydrogen-bond donors (Lipinski definition) is 1. The van der Waals surface area contributed by atoms with E-state index < -0.39 is 17.1 Å². The predicted octanol–water partition coefficient (Wildman–Crippen LogP) is 8.08. The topological polar surface area (TPSA) is 64.6 Å². The Morgan fingerprint density at radius 3 is 2.09 bits per heavy atom. The maximum atomic E-state index is 12.7. The molecule has 7 heteroatoms. The number of unbranched alkanes of at least 4 members (excludes halogenated alkanes) is 9. The SMILES string of the molecule is CCCCCCCCCCCCOc1ccc(Cl)cc1NC(=O)C(Cl)C(=O)c1ccc(OC)cc1. The van der Waals surface area contributed by atoms with E-state index in [1.165, 1.54) is 58.5 Å². The molecule has 1 amide bonds. The zero-order chi connectivity index (χ0) is 25.5. The molecule has 35 heavy (non-hydrogen) atoms. The third-order valence-corrected chi connectivity index (χ3v) is 6.42. The minimum Gasteiger partial charge on any atom is -0.497 e. The molecule has 1 unspecified atom stereocenters. The molecule has 0 aromatic heterocycles. The predicted molar refractivity (Wildman–Crippen MR) is 144 cm³/mol. The maximum Gasteiger partial charge on any atom is 0.250 e. The second kappa shape index (κ2) is 16.4. The van der Waals surface area contributed by atoms with Gasteiger partial charge in [-0.2, -0.15) is 0 Å². The normalized spacial score (nSPS) is 11.7. The van der Waals surface area contributed by atoms with E-state index in [0.29, 0.717) is 34.4 Å². The summed E-state index contributed by atoms with van der Waals surface area (Å²) in [6.07, 6.45) is 12.4. The van der Waals surface area contributed by atoms with Crippen molar-refractivity contribution < 1.29 is 19.1 Å². The summed E-state index contributed by atoms with van der Waals surface area (Å²) in [4.78, 5) is 25.3. The third kappa shape index (κ3) is 10.5. The number of nitrogens with one attached hydrogen (secondary N) is 1. The third-order valence-electron chi connectivity index (χ3n) is 5.79. The van der Waals surface area contributed by atoms with Crippen molar-refractivity contribution in [3.63, 3.8) is 0 Å². The molecule has 0 radical (unpaired) electrons. The van der Waals surface area contributed by atoms with Gasteiger partial charge in [-0.3, -0.25) is 9.59 Å². The molecule has 0 saturated carbocycles. The number of carbonyl (C=O) groups is 2. The van der Waals surface area contributed by atoms with E-state index in [-0.39, 0.29) is 0 Å². The second-order valence-corrected chi connectivity index (χ2v) is 9.49. The average Bonchev–Trinajstić information content (AvgIpc) is 2.87. The highest BCUT2D eigenvalue weighted by Crippen LogP contribution is 2.29. The summed E-state index contributed by atoms with van der Waals surface area (Å²) in [5.41, 5.74) is 0.715. The molecule has 2 rings (SSSR count). The van der Waals surface area contributed by atoms with Gasteiger partial charge in [0.15, 0.2) is 11.2 Å². The fraction of sp³-hybridized carbons (Fsp3) is 0.500. The van der Waals surface area contributed by atoms with E-state index >= 15 is 0 Å². The summed E-state index contributed by atoms with van der Waals surface area (Å²) in [6, 6.07) is 11.4. The zero-order valence-electron chi connectivity index (χ0n) is 20.8. The Balaban J connectivity index is 1.80. The number of anilines is 1. The van der Waals surface area contributed by atoms with Crippen molar-refractivity contribution in [3.8, 4) is 11.5 Å². The fourth-order valence-electron chi connectivity index (χ4n) is 3.71. The number of ether oxygens (including phenoxy) is 2. The van der Waals surface area contributed by atoms with Crippen molar-refractivity contribution >= 4 is 40.6 Å². The Kier molecular flexibility index (Phi) is 13.6. The number of halogens is 2. The molecule has 0 saturated heterocycles. The standard InChI is InChI=1S/C28H37Cl2NO4/c1-3-4-5-6-7-8-9-10-11-12-19-35-25-18-15-22(29)20-24(25)31-28(33)26(30)27(32)21-13-16-23(34-2)17-14-21/h13-18,20,26H,3-12,19H2,1-2H3,(H,31,33). The van der Waals surface area contributed by atoms with Crippen LogP contribution >= 0.6 is 23.2 Å². The van der Waals surface area contributed by atoms with Gasteiger partial charge in [-0.25, -0.2) is 0 Å². The molecule has 0 heterocycles. The van der Waals surface area contributed by atoms with E-state index in [9.17, 15) is 9.59 Å². The van der Waals surface area contributed by atoms with Crippen molar-refractivity contribution in [2.24, 2.45) is 0 Å². The van der Waals surface area contributed by atoms with Crippen molar-refractivity contribution in [1.82, 2.24) is 0 Å². The van der Waals surface area contributed by atoms with Gasteiger partial charge < -0.3 is 14.8 Å². The molecule has 0 fully saturated rings. The van der Waals surface area contributed by atoms with Crippen LogP contribution in [0.1, 0.15) is 81.5 Å². The summed E-state index contributed by atoms with van der Waals surface area (Å²) >= 11 is 12.3. The minimum atomic E-state index is -1.39. The van der Waals surface area contributed by atoms with Gasteiger partial charge in [0.2, 0.25) is 0 Å². The molecule has 2 aromatic carbocycles. The largest absolute Gasteiger partial charge is 0.497 e. The van der Waals surface area contributed by atoms with Crippen molar-refractivity contribution in [1.29, 1.82) is 0 Å².